The normalized spacial score (nSPS) is 12.4. The Hall–Kier alpha value is -1.45. The van der Waals surface area contributed by atoms with Gasteiger partial charge < -0.3 is 14.3 Å². The molecule has 17 heavy (non-hydrogen) atoms. The quantitative estimate of drug-likeness (QED) is 0.909. The van der Waals surface area contributed by atoms with Crippen LogP contribution in [0.5, 0.6) is 5.75 Å². The molecule has 90 valence electrons. The highest BCUT2D eigenvalue weighted by Gasteiger charge is 2.18. The average Bonchev–Trinajstić information content (AvgIpc) is 2.81. The molecule has 0 saturated carbocycles. The minimum atomic E-state index is -0.746. The van der Waals surface area contributed by atoms with Crippen LogP contribution in [0.1, 0.15) is 17.4 Å². The fourth-order valence-electron chi connectivity index (χ4n) is 1.74. The van der Waals surface area contributed by atoms with Gasteiger partial charge in [0.15, 0.2) is 0 Å². The Balaban J connectivity index is 2.26. The summed E-state index contributed by atoms with van der Waals surface area (Å²) in [6.45, 7) is 0. The molecule has 0 spiro atoms. The number of methoxy groups -OCH3 is 1. The standard InChI is InChI=1S/C13H13ClO3/c1-16-12-6-2-5-10(14)13(12)11(15)8-9-4-3-7-17-9/h2-7,11,15H,8H2,1H3. The van der Waals surface area contributed by atoms with Crippen LogP contribution in [0, 0.1) is 0 Å². The molecular formula is C13H13ClO3. The van der Waals surface area contributed by atoms with Crippen LogP contribution in [-0.2, 0) is 6.42 Å². The van der Waals surface area contributed by atoms with Crippen molar-refractivity contribution in [3.05, 3.63) is 52.9 Å². The highest BCUT2D eigenvalue weighted by molar-refractivity contribution is 6.31. The third-order valence-corrected chi connectivity index (χ3v) is 2.87. The van der Waals surface area contributed by atoms with Gasteiger partial charge in [0.2, 0.25) is 0 Å². The Morgan fingerprint density at radius 3 is 2.82 bits per heavy atom. The Bertz CT molecular complexity index is 479. The molecule has 0 aliphatic carbocycles. The summed E-state index contributed by atoms with van der Waals surface area (Å²) in [5.41, 5.74) is 0.591. The van der Waals surface area contributed by atoms with Crippen LogP contribution in [0.4, 0.5) is 0 Å². The van der Waals surface area contributed by atoms with Crippen molar-refractivity contribution < 1.29 is 14.3 Å². The summed E-state index contributed by atoms with van der Waals surface area (Å²) >= 11 is 6.07. The van der Waals surface area contributed by atoms with E-state index in [2.05, 4.69) is 0 Å². The predicted molar refractivity (Wildman–Crippen MR) is 65.4 cm³/mol. The monoisotopic (exact) mass is 252 g/mol. The second-order valence-corrected chi connectivity index (χ2v) is 4.06. The van der Waals surface area contributed by atoms with E-state index >= 15 is 0 Å². The predicted octanol–water partition coefficient (Wildman–Crippen LogP) is 3.22. The van der Waals surface area contributed by atoms with Gasteiger partial charge in [0.25, 0.3) is 0 Å². The van der Waals surface area contributed by atoms with Gasteiger partial charge in [-0.2, -0.15) is 0 Å². The fourth-order valence-corrected chi connectivity index (χ4v) is 2.03. The Labute approximate surface area is 105 Å². The molecular weight excluding hydrogens is 240 g/mol. The van der Waals surface area contributed by atoms with Gasteiger partial charge in [-0.25, -0.2) is 0 Å². The van der Waals surface area contributed by atoms with Gasteiger partial charge in [0.1, 0.15) is 11.5 Å². The Kier molecular flexibility index (Phi) is 3.71. The molecule has 1 unspecified atom stereocenters. The first-order chi connectivity index (χ1) is 8.22. The van der Waals surface area contributed by atoms with Crippen LogP contribution in [0.15, 0.2) is 41.0 Å². The Morgan fingerprint density at radius 1 is 1.35 bits per heavy atom. The first-order valence-corrected chi connectivity index (χ1v) is 5.63. The summed E-state index contributed by atoms with van der Waals surface area (Å²) in [5.74, 6) is 1.29. The maximum atomic E-state index is 10.2. The summed E-state index contributed by atoms with van der Waals surface area (Å²) in [5, 5.41) is 10.6. The second-order valence-electron chi connectivity index (χ2n) is 3.66. The first kappa shape index (κ1) is 12.0. The SMILES string of the molecule is COc1cccc(Cl)c1C(O)Cc1ccco1. The van der Waals surface area contributed by atoms with Crippen LogP contribution in [-0.4, -0.2) is 12.2 Å². The van der Waals surface area contributed by atoms with Crippen molar-refractivity contribution in [2.45, 2.75) is 12.5 Å². The molecule has 1 N–H and O–H groups in total. The van der Waals surface area contributed by atoms with Crippen LogP contribution < -0.4 is 4.74 Å². The summed E-state index contributed by atoms with van der Waals surface area (Å²) < 4.78 is 10.4. The van der Waals surface area contributed by atoms with Crippen molar-refractivity contribution in [2.75, 3.05) is 7.11 Å². The van der Waals surface area contributed by atoms with Crippen molar-refractivity contribution >= 4 is 11.6 Å². The maximum absolute atomic E-state index is 10.2. The van der Waals surface area contributed by atoms with Crippen LogP contribution >= 0.6 is 11.6 Å². The van der Waals surface area contributed by atoms with Crippen molar-refractivity contribution in [3.63, 3.8) is 0 Å². The number of aliphatic hydroxyl groups excluding tert-OH is 1. The largest absolute Gasteiger partial charge is 0.496 e. The highest BCUT2D eigenvalue weighted by atomic mass is 35.5. The zero-order valence-corrected chi connectivity index (χ0v) is 10.1. The number of ether oxygens (including phenoxy) is 1. The molecule has 0 radical (unpaired) electrons. The molecule has 1 heterocycles. The van der Waals surface area contributed by atoms with Crippen molar-refractivity contribution in [3.8, 4) is 5.75 Å². The van der Waals surface area contributed by atoms with Crippen molar-refractivity contribution in [2.24, 2.45) is 0 Å². The van der Waals surface area contributed by atoms with Crippen LogP contribution in [0.25, 0.3) is 0 Å². The summed E-state index contributed by atoms with van der Waals surface area (Å²) in [6.07, 6.45) is 1.20. The molecule has 3 nitrogen and oxygen atoms in total. The number of hydrogen-bond acceptors (Lipinski definition) is 3. The van der Waals surface area contributed by atoms with Gasteiger partial charge in [0.05, 0.1) is 24.5 Å². The van der Waals surface area contributed by atoms with Gasteiger partial charge in [-0.05, 0) is 24.3 Å². The van der Waals surface area contributed by atoms with Gasteiger partial charge in [0, 0.05) is 12.0 Å². The number of rotatable bonds is 4. The molecule has 0 fully saturated rings. The van der Waals surface area contributed by atoms with E-state index in [4.69, 9.17) is 20.8 Å². The van der Waals surface area contributed by atoms with E-state index in [-0.39, 0.29) is 0 Å². The molecule has 4 heteroatoms. The highest BCUT2D eigenvalue weighted by Crippen LogP contribution is 2.33. The average molecular weight is 253 g/mol. The lowest BCUT2D eigenvalue weighted by molar-refractivity contribution is 0.166. The van der Waals surface area contributed by atoms with Crippen LogP contribution in [0.2, 0.25) is 5.02 Å². The molecule has 1 aromatic heterocycles. The molecule has 2 aromatic rings. The van der Waals surface area contributed by atoms with E-state index in [0.717, 1.165) is 0 Å². The van der Waals surface area contributed by atoms with Gasteiger partial charge in [-0.3, -0.25) is 0 Å². The number of hydrogen-bond donors (Lipinski definition) is 1. The molecule has 0 amide bonds. The third-order valence-electron chi connectivity index (χ3n) is 2.54. The smallest absolute Gasteiger partial charge is 0.126 e. The minimum Gasteiger partial charge on any atom is -0.496 e. The zero-order valence-electron chi connectivity index (χ0n) is 9.39. The summed E-state index contributed by atoms with van der Waals surface area (Å²) in [6, 6.07) is 8.88. The second kappa shape index (κ2) is 5.25. The third kappa shape index (κ3) is 2.62. The van der Waals surface area contributed by atoms with Crippen LogP contribution in [0.3, 0.4) is 0 Å². The molecule has 0 bridgehead atoms. The lowest BCUT2D eigenvalue weighted by atomic mass is 10.0. The number of aliphatic hydroxyl groups is 1. The number of halogens is 1. The molecule has 1 atom stereocenters. The van der Waals surface area contributed by atoms with E-state index in [1.807, 2.05) is 6.07 Å². The summed E-state index contributed by atoms with van der Waals surface area (Å²) in [7, 11) is 1.55. The minimum absolute atomic E-state index is 0.368. The van der Waals surface area contributed by atoms with E-state index in [1.165, 1.54) is 0 Å². The number of furan rings is 1. The molecule has 0 aliphatic rings. The topological polar surface area (TPSA) is 42.6 Å². The lowest BCUT2D eigenvalue weighted by Crippen LogP contribution is -2.04. The molecule has 0 aliphatic heterocycles. The van der Waals surface area contributed by atoms with Gasteiger partial charge in [-0.1, -0.05) is 17.7 Å². The fraction of sp³-hybridized carbons (Fsp3) is 0.231. The van der Waals surface area contributed by atoms with E-state index in [1.54, 1.807) is 37.6 Å². The molecule has 1 aromatic carbocycles. The van der Waals surface area contributed by atoms with Gasteiger partial charge in [-0.15, -0.1) is 0 Å². The lowest BCUT2D eigenvalue weighted by Gasteiger charge is -2.15. The number of benzene rings is 1. The molecule has 2 rings (SSSR count). The molecule has 0 saturated heterocycles. The van der Waals surface area contributed by atoms with E-state index in [0.29, 0.717) is 28.5 Å². The van der Waals surface area contributed by atoms with Gasteiger partial charge >= 0.3 is 0 Å². The van der Waals surface area contributed by atoms with Crippen molar-refractivity contribution in [1.82, 2.24) is 0 Å². The Morgan fingerprint density at radius 2 is 2.18 bits per heavy atom. The zero-order chi connectivity index (χ0) is 12.3. The first-order valence-electron chi connectivity index (χ1n) is 5.25. The van der Waals surface area contributed by atoms with E-state index < -0.39 is 6.10 Å². The van der Waals surface area contributed by atoms with E-state index in [9.17, 15) is 5.11 Å². The summed E-state index contributed by atoms with van der Waals surface area (Å²) in [4.78, 5) is 0. The van der Waals surface area contributed by atoms with Crippen molar-refractivity contribution in [1.29, 1.82) is 0 Å². The maximum Gasteiger partial charge on any atom is 0.126 e.